The molecule has 1 aliphatic rings. The molecule has 5 heteroatoms. The van der Waals surface area contributed by atoms with Crippen molar-refractivity contribution < 1.29 is 8.42 Å². The first-order valence-electron chi connectivity index (χ1n) is 5.95. The molecule has 0 aromatic heterocycles. The minimum absolute atomic E-state index is 0.166. The molecule has 0 spiro atoms. The SMILES string of the molecule is CCN1CCN(S(=O)(=O)CC(C)(C)C)CC1. The molecule has 1 rings (SSSR count). The molecule has 0 N–H and O–H groups in total. The molecule has 0 unspecified atom stereocenters. The van der Waals surface area contributed by atoms with Crippen LogP contribution in [0.3, 0.4) is 0 Å². The molecule has 0 aromatic rings. The Labute approximate surface area is 99.7 Å². The summed E-state index contributed by atoms with van der Waals surface area (Å²) in [6.45, 7) is 12.0. The van der Waals surface area contributed by atoms with E-state index in [4.69, 9.17) is 0 Å². The van der Waals surface area contributed by atoms with Crippen LogP contribution in [0.15, 0.2) is 0 Å². The zero-order valence-electron chi connectivity index (χ0n) is 10.9. The van der Waals surface area contributed by atoms with E-state index in [2.05, 4.69) is 11.8 Å². The predicted octanol–water partition coefficient (Wildman–Crippen LogP) is 1.000. The van der Waals surface area contributed by atoms with Crippen molar-refractivity contribution in [3.05, 3.63) is 0 Å². The first-order chi connectivity index (χ1) is 7.24. The third-order valence-corrected chi connectivity index (χ3v) is 5.17. The van der Waals surface area contributed by atoms with Gasteiger partial charge in [-0.2, -0.15) is 4.31 Å². The average Bonchev–Trinajstić information content (AvgIpc) is 2.14. The Morgan fingerprint density at radius 2 is 1.56 bits per heavy atom. The lowest BCUT2D eigenvalue weighted by Crippen LogP contribution is -2.50. The number of hydrogen-bond acceptors (Lipinski definition) is 3. The Balaban J connectivity index is 2.59. The van der Waals surface area contributed by atoms with Gasteiger partial charge in [-0.15, -0.1) is 0 Å². The lowest BCUT2D eigenvalue weighted by Gasteiger charge is -2.34. The fourth-order valence-electron chi connectivity index (χ4n) is 1.96. The molecule has 1 heterocycles. The van der Waals surface area contributed by atoms with Crippen LogP contribution in [0, 0.1) is 5.41 Å². The minimum Gasteiger partial charge on any atom is -0.301 e. The van der Waals surface area contributed by atoms with Crippen molar-refractivity contribution >= 4 is 10.0 Å². The summed E-state index contributed by atoms with van der Waals surface area (Å²) < 4.78 is 25.9. The summed E-state index contributed by atoms with van der Waals surface area (Å²) >= 11 is 0. The largest absolute Gasteiger partial charge is 0.301 e. The second-order valence-corrected chi connectivity index (χ2v) is 7.62. The number of nitrogens with zero attached hydrogens (tertiary/aromatic N) is 2. The molecule has 0 bridgehead atoms. The van der Waals surface area contributed by atoms with E-state index < -0.39 is 10.0 Å². The first kappa shape index (κ1) is 13.9. The Morgan fingerprint density at radius 3 is 1.94 bits per heavy atom. The van der Waals surface area contributed by atoms with Gasteiger partial charge in [0.1, 0.15) is 0 Å². The number of sulfonamides is 1. The van der Waals surface area contributed by atoms with E-state index in [1.165, 1.54) is 0 Å². The number of piperazine rings is 1. The molecule has 0 aromatic carbocycles. The summed E-state index contributed by atoms with van der Waals surface area (Å²) in [4.78, 5) is 2.28. The summed E-state index contributed by atoms with van der Waals surface area (Å²) in [6, 6.07) is 0. The van der Waals surface area contributed by atoms with E-state index in [0.29, 0.717) is 13.1 Å². The third-order valence-electron chi connectivity index (χ3n) is 2.79. The quantitative estimate of drug-likeness (QED) is 0.748. The lowest BCUT2D eigenvalue weighted by molar-refractivity contribution is 0.195. The molecule has 1 aliphatic heterocycles. The molecular weight excluding hydrogens is 224 g/mol. The zero-order chi connectivity index (χ0) is 12.4. The lowest BCUT2D eigenvalue weighted by atomic mass is 10.0. The van der Waals surface area contributed by atoms with Crippen LogP contribution < -0.4 is 0 Å². The van der Waals surface area contributed by atoms with Crippen molar-refractivity contribution in [1.82, 2.24) is 9.21 Å². The van der Waals surface area contributed by atoms with Gasteiger partial charge in [0, 0.05) is 26.2 Å². The topological polar surface area (TPSA) is 40.6 Å². The van der Waals surface area contributed by atoms with Crippen LogP contribution in [0.5, 0.6) is 0 Å². The molecule has 16 heavy (non-hydrogen) atoms. The predicted molar refractivity (Wildman–Crippen MR) is 66.9 cm³/mol. The van der Waals surface area contributed by atoms with Gasteiger partial charge in [0.15, 0.2) is 0 Å². The molecule has 1 fully saturated rings. The van der Waals surface area contributed by atoms with Gasteiger partial charge >= 0.3 is 0 Å². The van der Waals surface area contributed by atoms with E-state index in [9.17, 15) is 8.42 Å². The molecule has 0 radical (unpaired) electrons. The smallest absolute Gasteiger partial charge is 0.214 e. The Kier molecular flexibility index (Phi) is 4.37. The van der Waals surface area contributed by atoms with Crippen LogP contribution in [-0.4, -0.2) is 56.1 Å². The maximum Gasteiger partial charge on any atom is 0.214 e. The van der Waals surface area contributed by atoms with Crippen molar-refractivity contribution in [2.75, 3.05) is 38.5 Å². The standard InChI is InChI=1S/C11H24N2O2S/c1-5-12-6-8-13(9-7-12)16(14,15)10-11(2,3)4/h5-10H2,1-4H3. The summed E-state index contributed by atoms with van der Waals surface area (Å²) in [7, 11) is -3.07. The van der Waals surface area contributed by atoms with Gasteiger partial charge in [-0.25, -0.2) is 8.42 Å². The second-order valence-electron chi connectivity index (χ2n) is 5.65. The molecule has 0 aliphatic carbocycles. The van der Waals surface area contributed by atoms with Crippen LogP contribution in [0.25, 0.3) is 0 Å². The molecule has 0 atom stereocenters. The highest BCUT2D eigenvalue weighted by Gasteiger charge is 2.30. The highest BCUT2D eigenvalue weighted by molar-refractivity contribution is 7.89. The number of likely N-dealkylation sites (N-methyl/N-ethyl adjacent to an activating group) is 1. The Bertz CT molecular complexity index is 311. The van der Waals surface area contributed by atoms with E-state index in [1.54, 1.807) is 4.31 Å². The molecule has 4 nitrogen and oxygen atoms in total. The monoisotopic (exact) mass is 248 g/mol. The molecule has 1 saturated heterocycles. The molecule has 0 amide bonds. The summed E-state index contributed by atoms with van der Waals surface area (Å²) in [5.41, 5.74) is -0.166. The maximum atomic E-state index is 12.1. The van der Waals surface area contributed by atoms with E-state index in [1.807, 2.05) is 20.8 Å². The van der Waals surface area contributed by atoms with Crippen molar-refractivity contribution in [1.29, 1.82) is 0 Å². The van der Waals surface area contributed by atoms with Crippen molar-refractivity contribution in [2.24, 2.45) is 5.41 Å². The fraction of sp³-hybridized carbons (Fsp3) is 1.00. The average molecular weight is 248 g/mol. The molecular formula is C11H24N2O2S. The van der Waals surface area contributed by atoms with Gasteiger partial charge in [-0.05, 0) is 12.0 Å². The van der Waals surface area contributed by atoms with Gasteiger partial charge < -0.3 is 4.90 Å². The fourth-order valence-corrected chi connectivity index (χ4v) is 3.96. The van der Waals surface area contributed by atoms with Crippen LogP contribution >= 0.6 is 0 Å². The van der Waals surface area contributed by atoms with Crippen molar-refractivity contribution in [3.63, 3.8) is 0 Å². The summed E-state index contributed by atoms with van der Waals surface area (Å²) in [5, 5.41) is 0. The zero-order valence-corrected chi connectivity index (χ0v) is 11.7. The Morgan fingerprint density at radius 1 is 1.06 bits per heavy atom. The van der Waals surface area contributed by atoms with Crippen LogP contribution in [0.2, 0.25) is 0 Å². The van der Waals surface area contributed by atoms with Gasteiger partial charge in [0.2, 0.25) is 10.0 Å². The van der Waals surface area contributed by atoms with Crippen molar-refractivity contribution in [2.45, 2.75) is 27.7 Å². The minimum atomic E-state index is -3.07. The summed E-state index contributed by atoms with van der Waals surface area (Å²) in [6.07, 6.45) is 0. The maximum absolute atomic E-state index is 12.1. The van der Waals surface area contributed by atoms with Crippen LogP contribution in [-0.2, 0) is 10.0 Å². The Hall–Kier alpha value is -0.130. The normalized spacial score (nSPS) is 21.2. The molecule has 0 saturated carbocycles. The molecule has 96 valence electrons. The third kappa shape index (κ3) is 4.03. The van der Waals surface area contributed by atoms with Gasteiger partial charge in [-0.3, -0.25) is 0 Å². The highest BCUT2D eigenvalue weighted by Crippen LogP contribution is 2.19. The van der Waals surface area contributed by atoms with E-state index >= 15 is 0 Å². The van der Waals surface area contributed by atoms with Crippen molar-refractivity contribution in [3.8, 4) is 0 Å². The van der Waals surface area contributed by atoms with Gasteiger partial charge in [-0.1, -0.05) is 27.7 Å². The van der Waals surface area contributed by atoms with Gasteiger partial charge in [0.05, 0.1) is 5.75 Å². The van der Waals surface area contributed by atoms with E-state index in [0.717, 1.165) is 19.6 Å². The van der Waals surface area contributed by atoms with Crippen LogP contribution in [0.4, 0.5) is 0 Å². The first-order valence-corrected chi connectivity index (χ1v) is 7.56. The van der Waals surface area contributed by atoms with Crippen LogP contribution in [0.1, 0.15) is 27.7 Å². The number of hydrogen-bond donors (Lipinski definition) is 0. The summed E-state index contributed by atoms with van der Waals surface area (Å²) in [5.74, 6) is 0.242. The second kappa shape index (κ2) is 5.02. The highest BCUT2D eigenvalue weighted by atomic mass is 32.2. The van der Waals surface area contributed by atoms with E-state index in [-0.39, 0.29) is 11.2 Å². The van der Waals surface area contributed by atoms with Gasteiger partial charge in [0.25, 0.3) is 0 Å². The number of rotatable bonds is 3.